The van der Waals surface area contributed by atoms with Gasteiger partial charge in [-0.2, -0.15) is 4.31 Å². The Kier molecular flexibility index (Phi) is 5.64. The first-order chi connectivity index (χ1) is 6.54. The van der Waals surface area contributed by atoms with Gasteiger partial charge in [0.15, 0.2) is 0 Å². The molecule has 0 amide bonds. The molecular formula is C9H18N2O2S. The third-order valence-corrected chi connectivity index (χ3v) is 3.96. The van der Waals surface area contributed by atoms with Crippen LogP contribution in [0.3, 0.4) is 0 Å². The van der Waals surface area contributed by atoms with Gasteiger partial charge in [0, 0.05) is 19.3 Å². The topological polar surface area (TPSA) is 61.2 Å². The Bertz CT molecular complexity index is 307. The Labute approximate surface area is 86.2 Å². The first-order valence-corrected chi connectivity index (χ1v) is 6.15. The van der Waals surface area contributed by atoms with Gasteiger partial charge in [0.2, 0.25) is 10.0 Å². The number of hydrogen-bond donors (Lipinski definition) is 1. The molecule has 0 spiro atoms. The molecule has 0 aliphatic heterocycles. The average Bonchev–Trinajstić information content (AvgIpc) is 2.15. The molecule has 0 fully saturated rings. The van der Waals surface area contributed by atoms with Crippen LogP contribution in [0.4, 0.5) is 0 Å². The molecule has 4 nitrogen and oxygen atoms in total. The van der Waals surface area contributed by atoms with Crippen molar-refractivity contribution in [3.8, 4) is 0 Å². The molecule has 0 aromatic carbocycles. The summed E-state index contributed by atoms with van der Waals surface area (Å²) >= 11 is 0. The van der Waals surface area contributed by atoms with Crippen molar-refractivity contribution in [2.75, 3.05) is 13.1 Å². The molecular weight excluding hydrogens is 200 g/mol. The van der Waals surface area contributed by atoms with E-state index < -0.39 is 10.0 Å². The van der Waals surface area contributed by atoms with E-state index in [1.54, 1.807) is 13.8 Å². The van der Waals surface area contributed by atoms with Crippen molar-refractivity contribution in [1.29, 1.82) is 5.41 Å². The Balaban J connectivity index is 5.00. The van der Waals surface area contributed by atoms with Crippen LogP contribution in [-0.2, 0) is 10.0 Å². The third kappa shape index (κ3) is 2.92. The first-order valence-electron chi connectivity index (χ1n) is 4.71. The highest BCUT2D eigenvalue weighted by Gasteiger charge is 2.22. The third-order valence-electron chi connectivity index (χ3n) is 1.89. The molecule has 5 heteroatoms. The van der Waals surface area contributed by atoms with Crippen molar-refractivity contribution < 1.29 is 8.42 Å². The van der Waals surface area contributed by atoms with E-state index in [1.807, 2.05) is 6.92 Å². The first kappa shape index (κ1) is 13.3. The van der Waals surface area contributed by atoms with Gasteiger partial charge in [-0.1, -0.05) is 19.9 Å². The SMILES string of the molecule is C/C=C(\C=N)S(=O)(=O)N(CC)CCC. The lowest BCUT2D eigenvalue weighted by Crippen LogP contribution is -2.32. The van der Waals surface area contributed by atoms with Crippen LogP contribution in [0.25, 0.3) is 0 Å². The molecule has 0 aliphatic rings. The Morgan fingerprint density at radius 2 is 2.00 bits per heavy atom. The quantitative estimate of drug-likeness (QED) is 0.688. The van der Waals surface area contributed by atoms with Crippen LogP contribution in [0.1, 0.15) is 27.2 Å². The molecule has 0 heterocycles. The number of rotatable bonds is 6. The minimum Gasteiger partial charge on any atom is -0.307 e. The zero-order valence-electron chi connectivity index (χ0n) is 8.95. The van der Waals surface area contributed by atoms with Crippen molar-refractivity contribution in [1.82, 2.24) is 4.31 Å². The lowest BCUT2D eigenvalue weighted by molar-refractivity contribution is 0.433. The van der Waals surface area contributed by atoms with Crippen molar-refractivity contribution in [3.63, 3.8) is 0 Å². The van der Waals surface area contributed by atoms with Gasteiger partial charge in [-0.05, 0) is 13.3 Å². The fraction of sp³-hybridized carbons (Fsp3) is 0.667. The average molecular weight is 218 g/mol. The van der Waals surface area contributed by atoms with E-state index in [0.29, 0.717) is 13.1 Å². The van der Waals surface area contributed by atoms with E-state index in [1.165, 1.54) is 10.4 Å². The fourth-order valence-corrected chi connectivity index (χ4v) is 2.66. The molecule has 0 rings (SSSR count). The minimum absolute atomic E-state index is 0.0628. The zero-order chi connectivity index (χ0) is 11.2. The van der Waals surface area contributed by atoms with Gasteiger partial charge in [-0.25, -0.2) is 8.42 Å². The molecule has 0 saturated heterocycles. The summed E-state index contributed by atoms with van der Waals surface area (Å²) in [7, 11) is -3.42. The van der Waals surface area contributed by atoms with Gasteiger partial charge in [-0.15, -0.1) is 0 Å². The molecule has 1 N–H and O–H groups in total. The maximum absolute atomic E-state index is 11.8. The van der Waals surface area contributed by atoms with Crippen LogP contribution >= 0.6 is 0 Å². The fourth-order valence-electron chi connectivity index (χ4n) is 1.15. The van der Waals surface area contributed by atoms with Gasteiger partial charge >= 0.3 is 0 Å². The second-order valence-corrected chi connectivity index (χ2v) is 4.77. The molecule has 82 valence electrons. The number of sulfonamides is 1. The zero-order valence-corrected chi connectivity index (χ0v) is 9.76. The summed E-state index contributed by atoms with van der Waals surface area (Å²) in [6, 6.07) is 0. The van der Waals surface area contributed by atoms with Crippen LogP contribution in [0.15, 0.2) is 11.0 Å². The van der Waals surface area contributed by atoms with Gasteiger partial charge in [-0.3, -0.25) is 0 Å². The van der Waals surface area contributed by atoms with E-state index in [2.05, 4.69) is 0 Å². The molecule has 0 aromatic rings. The molecule has 0 radical (unpaired) electrons. The Hall–Kier alpha value is -0.680. The van der Waals surface area contributed by atoms with Gasteiger partial charge < -0.3 is 5.41 Å². The van der Waals surface area contributed by atoms with Crippen molar-refractivity contribution in [3.05, 3.63) is 11.0 Å². The number of hydrogen-bond acceptors (Lipinski definition) is 3. The van der Waals surface area contributed by atoms with Crippen LogP contribution in [0, 0.1) is 5.41 Å². The summed E-state index contributed by atoms with van der Waals surface area (Å²) < 4.78 is 25.0. The number of nitrogens with zero attached hydrogens (tertiary/aromatic N) is 1. The summed E-state index contributed by atoms with van der Waals surface area (Å²) in [6.07, 6.45) is 3.11. The second-order valence-electron chi connectivity index (χ2n) is 2.83. The highest BCUT2D eigenvalue weighted by atomic mass is 32.2. The highest BCUT2D eigenvalue weighted by molar-refractivity contribution is 7.93. The standard InChI is InChI=1S/C9H18N2O2S/c1-4-7-11(6-3)14(12,13)9(5-2)8-10/h5,8,10H,4,6-7H2,1-3H3/b9-5+,10-8?. The predicted octanol–water partition coefficient (Wildman–Crippen LogP) is 1.60. The number of nitrogens with one attached hydrogen (secondary N) is 1. The van der Waals surface area contributed by atoms with E-state index in [9.17, 15) is 8.42 Å². The molecule has 0 aromatic heterocycles. The van der Waals surface area contributed by atoms with Crippen LogP contribution in [-0.4, -0.2) is 32.0 Å². The monoisotopic (exact) mass is 218 g/mol. The molecule has 0 atom stereocenters. The Morgan fingerprint density at radius 1 is 1.43 bits per heavy atom. The molecule has 0 unspecified atom stereocenters. The van der Waals surface area contributed by atoms with E-state index in [0.717, 1.165) is 12.6 Å². The summed E-state index contributed by atoms with van der Waals surface area (Å²) in [5.41, 5.74) is 0. The van der Waals surface area contributed by atoms with Gasteiger partial charge in [0.1, 0.15) is 0 Å². The van der Waals surface area contributed by atoms with Gasteiger partial charge in [0.05, 0.1) is 4.91 Å². The predicted molar refractivity (Wildman–Crippen MR) is 59.0 cm³/mol. The van der Waals surface area contributed by atoms with Crippen LogP contribution < -0.4 is 0 Å². The maximum atomic E-state index is 11.8. The van der Waals surface area contributed by atoms with E-state index >= 15 is 0 Å². The van der Waals surface area contributed by atoms with Gasteiger partial charge in [0.25, 0.3) is 0 Å². The molecule has 14 heavy (non-hydrogen) atoms. The number of allylic oxidation sites excluding steroid dienone is 2. The molecule has 0 aliphatic carbocycles. The minimum atomic E-state index is -3.42. The van der Waals surface area contributed by atoms with E-state index in [4.69, 9.17) is 5.41 Å². The molecule has 0 bridgehead atoms. The lowest BCUT2D eigenvalue weighted by Gasteiger charge is -2.19. The second kappa shape index (κ2) is 5.93. The summed E-state index contributed by atoms with van der Waals surface area (Å²) in [5.74, 6) is 0. The van der Waals surface area contributed by atoms with Crippen molar-refractivity contribution in [2.45, 2.75) is 27.2 Å². The van der Waals surface area contributed by atoms with Crippen LogP contribution in [0.5, 0.6) is 0 Å². The Morgan fingerprint density at radius 3 is 2.29 bits per heavy atom. The summed E-state index contributed by atoms with van der Waals surface area (Å²) in [5, 5.41) is 7.02. The van der Waals surface area contributed by atoms with E-state index in [-0.39, 0.29) is 4.91 Å². The normalized spacial score (nSPS) is 13.3. The van der Waals surface area contributed by atoms with Crippen LogP contribution in [0.2, 0.25) is 0 Å². The lowest BCUT2D eigenvalue weighted by atomic mass is 10.5. The molecule has 0 saturated carbocycles. The smallest absolute Gasteiger partial charge is 0.244 e. The van der Waals surface area contributed by atoms with Crippen molar-refractivity contribution >= 4 is 16.2 Å². The summed E-state index contributed by atoms with van der Waals surface area (Å²) in [4.78, 5) is 0.0628. The maximum Gasteiger partial charge on any atom is 0.244 e. The summed E-state index contributed by atoms with van der Waals surface area (Å²) in [6.45, 7) is 6.30. The van der Waals surface area contributed by atoms with Crippen molar-refractivity contribution in [2.24, 2.45) is 0 Å². The largest absolute Gasteiger partial charge is 0.307 e. The highest BCUT2D eigenvalue weighted by Crippen LogP contribution is 2.11.